The van der Waals surface area contributed by atoms with Crippen LogP contribution >= 0.6 is 0 Å². The van der Waals surface area contributed by atoms with Crippen LogP contribution in [0.4, 0.5) is 24.8 Å². The van der Waals surface area contributed by atoms with Gasteiger partial charge in [-0.2, -0.15) is 18.3 Å². The van der Waals surface area contributed by atoms with Crippen LogP contribution in [0.1, 0.15) is 37.3 Å². The second-order valence-corrected chi connectivity index (χ2v) is 8.02. The van der Waals surface area contributed by atoms with Gasteiger partial charge in [-0.25, -0.2) is 20.5 Å². The second kappa shape index (κ2) is 11.1. The van der Waals surface area contributed by atoms with Gasteiger partial charge in [-0.15, -0.1) is 0 Å². The molecule has 0 saturated carbocycles. The van der Waals surface area contributed by atoms with Gasteiger partial charge in [0.05, 0.1) is 18.5 Å². The second-order valence-electron chi connectivity index (χ2n) is 8.02. The zero-order valence-electron chi connectivity index (χ0n) is 18.6. The highest BCUT2D eigenvalue weighted by Crippen LogP contribution is 2.31. The number of hydrogen-bond donors (Lipinski definition) is 3. The maximum absolute atomic E-state index is 13.1. The minimum atomic E-state index is -4.84. The predicted octanol–water partition coefficient (Wildman–Crippen LogP) is 2.38. The van der Waals surface area contributed by atoms with Crippen LogP contribution in [0.2, 0.25) is 0 Å². The Morgan fingerprint density at radius 3 is 2.62 bits per heavy atom. The molecule has 184 valence electrons. The van der Waals surface area contributed by atoms with Gasteiger partial charge in [-0.3, -0.25) is 14.4 Å². The van der Waals surface area contributed by atoms with E-state index in [0.29, 0.717) is 5.95 Å². The number of halogens is 3. The number of hydrogen-bond acceptors (Lipinski definition) is 8. The van der Waals surface area contributed by atoms with Crippen molar-refractivity contribution in [2.24, 2.45) is 5.92 Å². The number of carbonyl (C=O) groups is 1. The molecule has 0 aromatic carbocycles. The van der Waals surface area contributed by atoms with Gasteiger partial charge in [-0.1, -0.05) is 12.7 Å². The lowest BCUT2D eigenvalue weighted by Crippen LogP contribution is -2.37. The Kier molecular flexibility index (Phi) is 8.21. The highest BCUT2D eigenvalue weighted by atomic mass is 19.4. The first kappa shape index (κ1) is 25.1. The Balaban J connectivity index is 1.39. The Morgan fingerprint density at radius 2 is 2.00 bits per heavy atom. The fourth-order valence-corrected chi connectivity index (χ4v) is 3.58. The number of rotatable bonds is 9. The van der Waals surface area contributed by atoms with Crippen molar-refractivity contribution in [1.29, 1.82) is 0 Å². The monoisotopic (exact) mass is 481 g/mol. The normalized spacial score (nSPS) is 15.6. The van der Waals surface area contributed by atoms with E-state index in [9.17, 15) is 22.8 Å². The SMILES string of the molecule is C=Cc1cnc(N2CCC(CC(=O)NOC[C@H](C)Nc3cn[nH]c(=O)c3C(F)(F)F)CC2)nc1. The zero-order chi connectivity index (χ0) is 24.7. The maximum atomic E-state index is 13.1. The molecule has 3 heterocycles. The molecule has 2 aromatic rings. The van der Waals surface area contributed by atoms with Crippen molar-refractivity contribution in [2.75, 3.05) is 29.9 Å². The molecule has 0 aliphatic carbocycles. The summed E-state index contributed by atoms with van der Waals surface area (Å²) in [5.74, 6) is 0.493. The molecule has 2 aromatic heterocycles. The molecule has 10 nitrogen and oxygen atoms in total. The van der Waals surface area contributed by atoms with Crippen LogP contribution in [0.3, 0.4) is 0 Å². The van der Waals surface area contributed by atoms with Crippen LogP contribution in [-0.4, -0.2) is 51.8 Å². The average Bonchev–Trinajstić information content (AvgIpc) is 2.79. The molecule has 0 bridgehead atoms. The lowest BCUT2D eigenvalue weighted by Gasteiger charge is -2.31. The average molecular weight is 481 g/mol. The first-order valence-corrected chi connectivity index (χ1v) is 10.7. The number of alkyl halides is 3. The third kappa shape index (κ3) is 6.76. The molecule has 0 radical (unpaired) electrons. The van der Waals surface area contributed by atoms with Crippen LogP contribution in [0, 0.1) is 5.92 Å². The predicted molar refractivity (Wildman–Crippen MR) is 119 cm³/mol. The maximum Gasteiger partial charge on any atom is 0.423 e. The van der Waals surface area contributed by atoms with E-state index in [-0.39, 0.29) is 24.9 Å². The third-order valence-corrected chi connectivity index (χ3v) is 5.33. The molecule has 1 atom stereocenters. The number of amides is 1. The van der Waals surface area contributed by atoms with Crippen molar-refractivity contribution in [1.82, 2.24) is 25.6 Å². The van der Waals surface area contributed by atoms with E-state index >= 15 is 0 Å². The number of carbonyl (C=O) groups excluding carboxylic acids is 1. The standard InChI is InChI=1S/C21H26F3N7O3/c1-3-14-9-25-20(26-10-14)31-6-4-15(5-7-31)8-17(32)30-34-12-13(2)28-16-11-27-29-19(33)18(16)21(22,23)24/h3,9-11,13,15H,1,4-8,12H2,2H3,(H,30,32)(H2,28,29,33)/t13-/m0/s1. The molecule has 1 aliphatic rings. The van der Waals surface area contributed by atoms with E-state index in [4.69, 9.17) is 4.84 Å². The molecule has 1 aliphatic heterocycles. The van der Waals surface area contributed by atoms with E-state index < -0.39 is 29.0 Å². The highest BCUT2D eigenvalue weighted by Gasteiger charge is 2.37. The summed E-state index contributed by atoms with van der Waals surface area (Å²) < 4.78 is 39.3. The van der Waals surface area contributed by atoms with Gasteiger partial charge >= 0.3 is 6.18 Å². The summed E-state index contributed by atoms with van der Waals surface area (Å²) in [6.07, 6.45) is 2.96. The zero-order valence-corrected chi connectivity index (χ0v) is 18.6. The van der Waals surface area contributed by atoms with Crippen LogP contribution in [-0.2, 0) is 15.8 Å². The van der Waals surface area contributed by atoms with Gasteiger partial charge in [0.15, 0.2) is 0 Å². The molecule has 1 fully saturated rings. The smallest absolute Gasteiger partial charge is 0.378 e. The molecule has 0 spiro atoms. The molecular formula is C21H26F3N7O3. The first-order valence-electron chi connectivity index (χ1n) is 10.7. The van der Waals surface area contributed by atoms with Crippen molar-refractivity contribution >= 4 is 23.6 Å². The lowest BCUT2D eigenvalue weighted by atomic mass is 9.93. The first-order chi connectivity index (χ1) is 16.2. The van der Waals surface area contributed by atoms with Gasteiger partial charge in [0.2, 0.25) is 11.9 Å². The summed E-state index contributed by atoms with van der Waals surface area (Å²) in [5.41, 5.74) is -0.00695. The van der Waals surface area contributed by atoms with Gasteiger partial charge in [0, 0.05) is 43.5 Å². The Labute approximate surface area is 193 Å². The Bertz CT molecular complexity index is 1040. The summed E-state index contributed by atoms with van der Waals surface area (Å²) in [6, 6.07) is -0.638. The van der Waals surface area contributed by atoms with E-state index in [0.717, 1.165) is 37.7 Å². The third-order valence-electron chi connectivity index (χ3n) is 5.33. The summed E-state index contributed by atoms with van der Waals surface area (Å²) in [7, 11) is 0. The minimum Gasteiger partial charge on any atom is -0.378 e. The molecular weight excluding hydrogens is 455 g/mol. The number of nitrogens with one attached hydrogen (secondary N) is 3. The van der Waals surface area contributed by atoms with E-state index in [2.05, 4.69) is 37.3 Å². The lowest BCUT2D eigenvalue weighted by molar-refractivity contribution is -0.138. The van der Waals surface area contributed by atoms with E-state index in [1.54, 1.807) is 30.5 Å². The topological polar surface area (TPSA) is 125 Å². The molecule has 0 unspecified atom stereocenters. The Morgan fingerprint density at radius 1 is 1.32 bits per heavy atom. The quantitative estimate of drug-likeness (QED) is 0.466. The van der Waals surface area contributed by atoms with Crippen LogP contribution < -0.4 is 21.3 Å². The minimum absolute atomic E-state index is 0.119. The van der Waals surface area contributed by atoms with Crippen LogP contribution in [0.25, 0.3) is 6.08 Å². The highest BCUT2D eigenvalue weighted by molar-refractivity contribution is 5.75. The number of hydroxylamine groups is 1. The number of aromatic amines is 1. The number of H-pyrrole nitrogens is 1. The number of nitrogens with zero attached hydrogens (tertiary/aromatic N) is 4. The van der Waals surface area contributed by atoms with Gasteiger partial charge in [-0.05, 0) is 25.7 Å². The summed E-state index contributed by atoms with van der Waals surface area (Å²) in [6.45, 7) is 6.55. The molecule has 1 amide bonds. The van der Waals surface area contributed by atoms with E-state index in [1.165, 1.54) is 0 Å². The van der Waals surface area contributed by atoms with Crippen molar-refractivity contribution in [2.45, 2.75) is 38.4 Å². The van der Waals surface area contributed by atoms with Gasteiger partial charge in [0.25, 0.3) is 5.56 Å². The summed E-state index contributed by atoms with van der Waals surface area (Å²) in [5, 5.41) is 7.70. The van der Waals surface area contributed by atoms with Crippen molar-refractivity contribution < 1.29 is 22.8 Å². The van der Waals surface area contributed by atoms with Gasteiger partial charge in [0.1, 0.15) is 5.56 Å². The van der Waals surface area contributed by atoms with Crippen LogP contribution in [0.5, 0.6) is 0 Å². The largest absolute Gasteiger partial charge is 0.423 e. The number of aromatic nitrogens is 4. The fraction of sp³-hybridized carbons (Fsp3) is 0.476. The van der Waals surface area contributed by atoms with Crippen molar-refractivity contribution in [3.05, 3.63) is 46.7 Å². The van der Waals surface area contributed by atoms with Crippen LogP contribution in [0.15, 0.2) is 30.0 Å². The summed E-state index contributed by atoms with van der Waals surface area (Å²) >= 11 is 0. The van der Waals surface area contributed by atoms with Crippen molar-refractivity contribution in [3.63, 3.8) is 0 Å². The molecule has 13 heteroatoms. The fourth-order valence-electron chi connectivity index (χ4n) is 3.58. The van der Waals surface area contributed by atoms with Gasteiger partial charge < -0.3 is 10.2 Å². The number of piperidine rings is 1. The van der Waals surface area contributed by atoms with Crippen molar-refractivity contribution in [3.8, 4) is 0 Å². The number of anilines is 2. The molecule has 3 N–H and O–H groups in total. The van der Waals surface area contributed by atoms with E-state index in [1.807, 2.05) is 0 Å². The molecule has 34 heavy (non-hydrogen) atoms. The molecule has 1 saturated heterocycles. The molecule has 3 rings (SSSR count). The Hall–Kier alpha value is -3.48. The summed E-state index contributed by atoms with van der Waals surface area (Å²) in [4.78, 5) is 39.6.